The zero-order chi connectivity index (χ0) is 18.4. The number of hydrogen-bond donors (Lipinski definition) is 4. The minimum atomic E-state index is -3.94. The van der Waals surface area contributed by atoms with Gasteiger partial charge in [-0.1, -0.05) is 15.9 Å². The Morgan fingerprint density at radius 3 is 1.96 bits per heavy atom. The van der Waals surface area contributed by atoms with E-state index in [1.54, 1.807) is 24.3 Å². The summed E-state index contributed by atoms with van der Waals surface area (Å²) in [7, 11) is -3.94. The number of hydrogen-bond acceptors (Lipinski definition) is 4. The van der Waals surface area contributed by atoms with Gasteiger partial charge in [0.2, 0.25) is 5.91 Å². The molecule has 0 aromatic heterocycles. The SMILES string of the molecule is CC(=O)Nc1ccc(S(=O)(=O)NNC(=O)Nc2ccc(Br)cc2)cc1. The van der Waals surface area contributed by atoms with E-state index in [0.717, 1.165) is 4.47 Å². The first-order valence-corrected chi connectivity index (χ1v) is 9.26. The highest BCUT2D eigenvalue weighted by Crippen LogP contribution is 2.15. The van der Waals surface area contributed by atoms with E-state index in [2.05, 4.69) is 32.0 Å². The number of carbonyl (C=O) groups is 2. The fraction of sp³-hybridized carbons (Fsp3) is 0.0667. The average molecular weight is 427 g/mol. The molecule has 0 spiro atoms. The molecule has 0 saturated heterocycles. The maximum atomic E-state index is 12.1. The molecule has 0 saturated carbocycles. The van der Waals surface area contributed by atoms with Crippen molar-refractivity contribution in [3.63, 3.8) is 0 Å². The minimum absolute atomic E-state index is 0.0643. The molecule has 0 unspecified atom stereocenters. The number of carbonyl (C=O) groups excluding carboxylic acids is 2. The molecule has 2 rings (SSSR count). The monoisotopic (exact) mass is 426 g/mol. The van der Waals surface area contributed by atoms with E-state index >= 15 is 0 Å². The molecule has 0 aliphatic rings. The van der Waals surface area contributed by atoms with E-state index in [-0.39, 0.29) is 10.8 Å². The van der Waals surface area contributed by atoms with Gasteiger partial charge in [-0.25, -0.2) is 13.2 Å². The third-order valence-corrected chi connectivity index (χ3v) is 4.68. The number of urea groups is 1. The number of anilines is 2. The van der Waals surface area contributed by atoms with Crippen molar-refractivity contribution in [1.29, 1.82) is 0 Å². The second-order valence-corrected chi connectivity index (χ2v) is 7.50. The van der Waals surface area contributed by atoms with E-state index in [4.69, 9.17) is 0 Å². The van der Waals surface area contributed by atoms with Gasteiger partial charge in [-0.15, -0.1) is 4.83 Å². The molecule has 0 atom stereocenters. The lowest BCUT2D eigenvalue weighted by atomic mass is 10.3. The van der Waals surface area contributed by atoms with Gasteiger partial charge in [0.1, 0.15) is 0 Å². The lowest BCUT2D eigenvalue weighted by Gasteiger charge is -2.10. The average Bonchev–Trinajstić information content (AvgIpc) is 2.55. The van der Waals surface area contributed by atoms with Crippen LogP contribution < -0.4 is 20.9 Å². The first-order chi connectivity index (χ1) is 11.8. The first-order valence-electron chi connectivity index (χ1n) is 6.98. The third-order valence-electron chi connectivity index (χ3n) is 2.89. The maximum absolute atomic E-state index is 12.1. The standard InChI is InChI=1S/C15H15BrN4O4S/c1-10(21)17-12-6-8-14(9-7-12)25(23,24)20-19-15(22)18-13-4-2-11(16)3-5-13/h2-9,20H,1H3,(H,17,21)(H2,18,19,22). The smallest absolute Gasteiger partial charge is 0.326 e. The summed E-state index contributed by atoms with van der Waals surface area (Å²) in [5, 5.41) is 5.01. The van der Waals surface area contributed by atoms with Gasteiger partial charge in [-0.3, -0.25) is 10.2 Å². The Bertz CT molecular complexity index is 867. The van der Waals surface area contributed by atoms with Crippen LogP contribution in [0, 0.1) is 0 Å². The van der Waals surface area contributed by atoms with E-state index < -0.39 is 16.1 Å². The van der Waals surface area contributed by atoms with Crippen LogP contribution in [0.1, 0.15) is 6.92 Å². The molecule has 0 radical (unpaired) electrons. The van der Waals surface area contributed by atoms with E-state index in [1.165, 1.54) is 31.2 Å². The Morgan fingerprint density at radius 2 is 1.40 bits per heavy atom. The van der Waals surface area contributed by atoms with Crippen molar-refractivity contribution >= 4 is 49.3 Å². The largest absolute Gasteiger partial charge is 0.334 e. The van der Waals surface area contributed by atoms with Crippen molar-refractivity contribution < 1.29 is 18.0 Å². The number of amides is 3. The van der Waals surface area contributed by atoms with Crippen molar-refractivity contribution in [2.45, 2.75) is 11.8 Å². The summed E-state index contributed by atoms with van der Waals surface area (Å²) in [6, 6.07) is 11.5. The van der Waals surface area contributed by atoms with Crippen LogP contribution in [0.4, 0.5) is 16.2 Å². The van der Waals surface area contributed by atoms with Crippen molar-refractivity contribution in [3.05, 3.63) is 53.0 Å². The van der Waals surface area contributed by atoms with Crippen LogP contribution in [0.2, 0.25) is 0 Å². The van der Waals surface area contributed by atoms with Crippen molar-refractivity contribution in [2.24, 2.45) is 0 Å². The van der Waals surface area contributed by atoms with Crippen LogP contribution >= 0.6 is 15.9 Å². The maximum Gasteiger partial charge on any atom is 0.334 e. The van der Waals surface area contributed by atoms with Gasteiger partial charge >= 0.3 is 6.03 Å². The summed E-state index contributed by atoms with van der Waals surface area (Å²) in [4.78, 5) is 24.6. The van der Waals surface area contributed by atoms with Crippen molar-refractivity contribution in [3.8, 4) is 0 Å². The number of benzene rings is 2. The van der Waals surface area contributed by atoms with Crippen LogP contribution in [0.5, 0.6) is 0 Å². The molecule has 3 amide bonds. The van der Waals surface area contributed by atoms with Gasteiger partial charge in [-0.2, -0.15) is 0 Å². The molecule has 0 aliphatic heterocycles. The summed E-state index contributed by atoms with van der Waals surface area (Å²) >= 11 is 3.27. The normalized spacial score (nSPS) is 10.8. The molecule has 25 heavy (non-hydrogen) atoms. The zero-order valence-electron chi connectivity index (χ0n) is 13.0. The predicted molar refractivity (Wildman–Crippen MR) is 97.4 cm³/mol. The molecule has 2 aromatic rings. The zero-order valence-corrected chi connectivity index (χ0v) is 15.4. The molecule has 132 valence electrons. The summed E-state index contributed by atoms with van der Waals surface area (Å²) in [6.07, 6.45) is 0. The molecule has 8 nitrogen and oxygen atoms in total. The highest BCUT2D eigenvalue weighted by atomic mass is 79.9. The number of hydrazine groups is 1. The van der Waals surface area contributed by atoms with Crippen LogP contribution in [0.25, 0.3) is 0 Å². The van der Waals surface area contributed by atoms with Gasteiger partial charge in [-0.05, 0) is 48.5 Å². The number of nitrogens with one attached hydrogen (secondary N) is 4. The fourth-order valence-electron chi connectivity index (χ4n) is 1.79. The van der Waals surface area contributed by atoms with Gasteiger partial charge in [0, 0.05) is 22.8 Å². The fourth-order valence-corrected chi connectivity index (χ4v) is 2.89. The molecule has 2 aromatic carbocycles. The van der Waals surface area contributed by atoms with Crippen LogP contribution in [-0.4, -0.2) is 20.4 Å². The molecule has 4 N–H and O–H groups in total. The van der Waals surface area contributed by atoms with Gasteiger partial charge in [0.05, 0.1) is 4.90 Å². The summed E-state index contributed by atoms with van der Waals surface area (Å²) < 4.78 is 25.1. The second-order valence-electron chi connectivity index (χ2n) is 4.90. The molecular formula is C15H15BrN4O4S. The highest BCUT2D eigenvalue weighted by Gasteiger charge is 2.15. The lowest BCUT2D eigenvalue weighted by molar-refractivity contribution is -0.114. The van der Waals surface area contributed by atoms with Gasteiger partial charge in [0.15, 0.2) is 0 Å². The van der Waals surface area contributed by atoms with E-state index in [0.29, 0.717) is 11.4 Å². The number of sulfonamides is 1. The van der Waals surface area contributed by atoms with Crippen LogP contribution in [0.3, 0.4) is 0 Å². The molecular weight excluding hydrogens is 412 g/mol. The van der Waals surface area contributed by atoms with E-state index in [1.807, 2.05) is 4.83 Å². The topological polar surface area (TPSA) is 116 Å². The molecule has 0 fully saturated rings. The summed E-state index contributed by atoms with van der Waals surface area (Å²) in [5.41, 5.74) is 3.03. The first kappa shape index (κ1) is 18.9. The quantitative estimate of drug-likeness (QED) is 0.549. The number of rotatable bonds is 5. The van der Waals surface area contributed by atoms with Crippen molar-refractivity contribution in [1.82, 2.24) is 10.3 Å². The Morgan fingerprint density at radius 1 is 0.880 bits per heavy atom. The molecule has 0 bridgehead atoms. The van der Waals surface area contributed by atoms with E-state index in [9.17, 15) is 18.0 Å². The Hall–Kier alpha value is -2.43. The Labute approximate surface area is 153 Å². The summed E-state index contributed by atoms with van der Waals surface area (Å²) in [5.74, 6) is -0.264. The van der Waals surface area contributed by atoms with Gasteiger partial charge < -0.3 is 10.6 Å². The van der Waals surface area contributed by atoms with Crippen molar-refractivity contribution in [2.75, 3.05) is 10.6 Å². The predicted octanol–water partition coefficient (Wildman–Crippen LogP) is 2.42. The Balaban J connectivity index is 1.95. The molecule has 10 heteroatoms. The van der Waals surface area contributed by atoms with Crippen LogP contribution in [0.15, 0.2) is 57.9 Å². The minimum Gasteiger partial charge on any atom is -0.326 e. The Kier molecular flexibility index (Phi) is 6.12. The highest BCUT2D eigenvalue weighted by molar-refractivity contribution is 9.10. The lowest BCUT2D eigenvalue weighted by Crippen LogP contribution is -2.43. The second kappa shape index (κ2) is 8.10. The molecule has 0 heterocycles. The summed E-state index contributed by atoms with van der Waals surface area (Å²) in [6.45, 7) is 1.35. The molecule has 0 aliphatic carbocycles. The van der Waals surface area contributed by atoms with Gasteiger partial charge in [0.25, 0.3) is 10.0 Å². The van der Waals surface area contributed by atoms with Crippen LogP contribution in [-0.2, 0) is 14.8 Å². The number of halogens is 1. The third kappa shape index (κ3) is 5.85.